The van der Waals surface area contributed by atoms with Crippen LogP contribution in [0.2, 0.25) is 5.02 Å². The van der Waals surface area contributed by atoms with Gasteiger partial charge < -0.3 is 9.64 Å². The van der Waals surface area contributed by atoms with Crippen LogP contribution < -0.4 is 10.3 Å². The maximum Gasteiger partial charge on any atom is 0.343 e. The summed E-state index contributed by atoms with van der Waals surface area (Å²) in [6.07, 6.45) is 4.87. The lowest BCUT2D eigenvalue weighted by Gasteiger charge is -2.25. The molecule has 0 amide bonds. The Morgan fingerprint density at radius 2 is 1.84 bits per heavy atom. The van der Waals surface area contributed by atoms with Gasteiger partial charge >= 0.3 is 5.97 Å². The Morgan fingerprint density at radius 3 is 2.51 bits per heavy atom. The molecule has 2 aromatic heterocycles. The van der Waals surface area contributed by atoms with Crippen LogP contribution in [0.4, 0.5) is 14.5 Å². The average Bonchev–Trinajstić information content (AvgIpc) is 3.21. The van der Waals surface area contributed by atoms with Crippen molar-refractivity contribution >= 4 is 45.5 Å². The first kappa shape index (κ1) is 25.4. The zero-order chi connectivity index (χ0) is 26.1. The summed E-state index contributed by atoms with van der Waals surface area (Å²) in [5.41, 5.74) is -0.00830. The normalized spacial score (nSPS) is 14.1. The van der Waals surface area contributed by atoms with Crippen LogP contribution in [0.15, 0.2) is 46.7 Å². The molecule has 0 N–H and O–H groups in total. The van der Waals surface area contributed by atoms with Crippen LogP contribution in [-0.4, -0.2) is 35.2 Å². The Morgan fingerprint density at radius 1 is 1.14 bits per heavy atom. The van der Waals surface area contributed by atoms with Gasteiger partial charge in [-0.1, -0.05) is 36.6 Å². The molecule has 37 heavy (non-hydrogen) atoms. The Hall–Kier alpha value is -3.30. The van der Waals surface area contributed by atoms with Gasteiger partial charge in [0.25, 0.3) is 0 Å². The third kappa shape index (κ3) is 4.85. The van der Waals surface area contributed by atoms with Gasteiger partial charge in [0.2, 0.25) is 5.43 Å². The Bertz CT molecular complexity index is 1530. The van der Waals surface area contributed by atoms with Crippen LogP contribution in [0.5, 0.6) is 0 Å². The van der Waals surface area contributed by atoms with Crippen LogP contribution >= 0.6 is 22.9 Å². The molecule has 3 heterocycles. The minimum Gasteiger partial charge on any atom is -0.462 e. The van der Waals surface area contributed by atoms with Crippen molar-refractivity contribution in [3.05, 3.63) is 74.4 Å². The van der Waals surface area contributed by atoms with E-state index in [1.165, 1.54) is 22.1 Å². The van der Waals surface area contributed by atoms with Crippen molar-refractivity contribution < 1.29 is 18.3 Å². The highest BCUT2D eigenvalue weighted by Gasteiger charge is 2.27. The lowest BCUT2D eigenvalue weighted by molar-refractivity contribution is 0.0524. The zero-order valence-corrected chi connectivity index (χ0v) is 21.7. The number of rotatable bonds is 5. The van der Waals surface area contributed by atoms with Crippen LogP contribution in [-0.2, 0) is 4.74 Å². The number of hydrogen-bond acceptors (Lipinski definition) is 6. The number of fused-ring (bicyclic) bond motifs is 1. The van der Waals surface area contributed by atoms with E-state index in [0.29, 0.717) is 28.9 Å². The van der Waals surface area contributed by atoms with Crippen LogP contribution in [0.3, 0.4) is 0 Å². The fourth-order valence-electron chi connectivity index (χ4n) is 4.62. The second-order valence-electron chi connectivity index (χ2n) is 8.80. The number of halogens is 3. The second-order valence-corrected chi connectivity index (χ2v) is 10.1. The predicted octanol–water partition coefficient (Wildman–Crippen LogP) is 6.60. The fraction of sp³-hybridized carbons (Fsp3) is 0.296. The summed E-state index contributed by atoms with van der Waals surface area (Å²) in [5, 5.41) is 2.42. The van der Waals surface area contributed by atoms with Gasteiger partial charge in [0.15, 0.2) is 10.9 Å². The van der Waals surface area contributed by atoms with Gasteiger partial charge in [0.05, 0.1) is 23.2 Å². The highest BCUT2D eigenvalue weighted by atomic mass is 35.5. The molecule has 1 aliphatic heterocycles. The minimum absolute atomic E-state index is 0.0465. The monoisotopic (exact) mass is 543 g/mol. The topological polar surface area (TPSA) is 64.4 Å². The quantitative estimate of drug-likeness (QED) is 0.265. The molecule has 1 saturated heterocycles. The number of pyridine rings is 1. The maximum atomic E-state index is 16.2. The Labute approximate surface area is 221 Å². The molecule has 0 atom stereocenters. The summed E-state index contributed by atoms with van der Waals surface area (Å²) >= 11 is 7.21. The smallest absolute Gasteiger partial charge is 0.343 e. The summed E-state index contributed by atoms with van der Waals surface area (Å²) < 4.78 is 38.0. The van der Waals surface area contributed by atoms with E-state index >= 15 is 8.78 Å². The van der Waals surface area contributed by atoms with Gasteiger partial charge in [0.1, 0.15) is 17.1 Å². The molecular weight excluding hydrogens is 520 g/mol. The first-order valence-corrected chi connectivity index (χ1v) is 13.4. The molecule has 4 aromatic rings. The molecule has 1 aliphatic rings. The van der Waals surface area contributed by atoms with E-state index in [1.54, 1.807) is 29.3 Å². The number of thiazole rings is 1. The van der Waals surface area contributed by atoms with Gasteiger partial charge in [-0.25, -0.2) is 18.6 Å². The fourth-order valence-corrected chi connectivity index (χ4v) is 5.56. The molecular formula is C27H24ClF2N3O3S. The van der Waals surface area contributed by atoms with Gasteiger partial charge in [-0.3, -0.25) is 9.36 Å². The van der Waals surface area contributed by atoms with Gasteiger partial charge in [-0.2, -0.15) is 0 Å². The van der Waals surface area contributed by atoms with Crippen molar-refractivity contribution in [3.8, 4) is 16.4 Å². The number of hydrogen-bond donors (Lipinski definition) is 0. The van der Waals surface area contributed by atoms with Gasteiger partial charge in [0, 0.05) is 35.3 Å². The molecule has 192 valence electrons. The number of ether oxygens (including phenoxy) is 1. The summed E-state index contributed by atoms with van der Waals surface area (Å²) in [7, 11) is 0. The van der Waals surface area contributed by atoms with Crippen molar-refractivity contribution in [2.45, 2.75) is 32.6 Å². The molecule has 10 heteroatoms. The number of carbonyl (C=O) groups excluding carboxylic acids is 1. The number of carbonyl (C=O) groups is 1. The van der Waals surface area contributed by atoms with E-state index in [9.17, 15) is 9.59 Å². The Kier molecular flexibility index (Phi) is 7.26. The highest BCUT2D eigenvalue weighted by molar-refractivity contribution is 7.12. The molecule has 0 bridgehead atoms. The maximum absolute atomic E-state index is 16.2. The molecule has 1 fully saturated rings. The van der Waals surface area contributed by atoms with E-state index in [2.05, 4.69) is 4.98 Å². The molecule has 2 aromatic carbocycles. The number of nitrogens with zero attached hydrogens (tertiary/aromatic N) is 3. The highest BCUT2D eigenvalue weighted by Crippen LogP contribution is 2.34. The Balaban J connectivity index is 1.75. The third-order valence-corrected chi connectivity index (χ3v) is 7.50. The summed E-state index contributed by atoms with van der Waals surface area (Å²) in [5.74, 6) is -2.56. The van der Waals surface area contributed by atoms with Crippen molar-refractivity contribution in [3.63, 3.8) is 0 Å². The van der Waals surface area contributed by atoms with Gasteiger partial charge in [-0.05, 0) is 38.0 Å². The van der Waals surface area contributed by atoms with Crippen molar-refractivity contribution in [1.29, 1.82) is 0 Å². The number of anilines is 1. The van der Waals surface area contributed by atoms with Crippen LogP contribution in [0, 0.1) is 11.6 Å². The van der Waals surface area contributed by atoms with Crippen molar-refractivity contribution in [2.75, 3.05) is 24.6 Å². The molecule has 0 aliphatic carbocycles. The standard InChI is InChI=1S/C27H24ClF2N3O3S/c1-2-36-26(35)19-14-33(27-31-21(15-37-27)16-7-9-17(28)10-8-16)23-18(25(19)34)13-20(29)24(22(23)30)32-11-5-3-4-6-12-32/h7-10,13-15H,2-6,11-12H2,1H3. The SMILES string of the molecule is CCOC(=O)c1cn(-c2nc(-c3ccc(Cl)cc3)cs2)c2c(F)c(N3CCCCCC3)c(F)cc2c1=O. The summed E-state index contributed by atoms with van der Waals surface area (Å²) in [6.45, 7) is 2.69. The molecule has 0 saturated carbocycles. The minimum atomic E-state index is -0.866. The lowest BCUT2D eigenvalue weighted by atomic mass is 10.1. The first-order valence-electron chi connectivity index (χ1n) is 12.1. The number of esters is 1. The van der Waals surface area contributed by atoms with E-state index < -0.39 is 23.0 Å². The number of aromatic nitrogens is 2. The molecule has 6 nitrogen and oxygen atoms in total. The third-order valence-electron chi connectivity index (χ3n) is 6.41. The zero-order valence-electron chi connectivity index (χ0n) is 20.1. The van der Waals surface area contributed by atoms with E-state index in [1.807, 2.05) is 12.1 Å². The summed E-state index contributed by atoms with van der Waals surface area (Å²) in [6, 6.07) is 8.11. The largest absolute Gasteiger partial charge is 0.462 e. The number of benzene rings is 2. The first-order chi connectivity index (χ1) is 17.9. The van der Waals surface area contributed by atoms with Crippen LogP contribution in [0.1, 0.15) is 43.0 Å². The molecule has 0 unspecified atom stereocenters. The molecule has 0 radical (unpaired) electrons. The van der Waals surface area contributed by atoms with Crippen molar-refractivity contribution in [2.24, 2.45) is 0 Å². The van der Waals surface area contributed by atoms with E-state index in [-0.39, 0.29) is 28.8 Å². The van der Waals surface area contributed by atoms with Crippen molar-refractivity contribution in [1.82, 2.24) is 9.55 Å². The van der Waals surface area contributed by atoms with E-state index in [0.717, 1.165) is 37.3 Å². The average molecular weight is 544 g/mol. The van der Waals surface area contributed by atoms with E-state index in [4.69, 9.17) is 16.3 Å². The second kappa shape index (κ2) is 10.6. The summed E-state index contributed by atoms with van der Waals surface area (Å²) in [4.78, 5) is 32.2. The van der Waals surface area contributed by atoms with Crippen LogP contribution in [0.25, 0.3) is 27.3 Å². The van der Waals surface area contributed by atoms with Gasteiger partial charge in [-0.15, -0.1) is 11.3 Å². The molecule has 5 rings (SSSR count). The predicted molar refractivity (Wildman–Crippen MR) is 142 cm³/mol. The lowest BCUT2D eigenvalue weighted by Crippen LogP contribution is -2.27. The molecule has 0 spiro atoms.